The number of alkyl halides is 12. The lowest BCUT2D eigenvalue weighted by molar-refractivity contribution is -0.144. The van der Waals surface area contributed by atoms with E-state index in [-0.39, 0.29) is 76.6 Å². The molecule has 0 aliphatic heterocycles. The fourth-order valence-electron chi connectivity index (χ4n) is 6.68. The SMILES string of the molecule is Cc1cc(-c2cc(C(F)(F)F)cc(C(F)(F)F)c2)c(O)c(-c2ccccc2OCCCOc2ccccc2-c2cc(C)cc(-c3cc(C(F)(F)F)cc(C(F)(F)F)c3)c2O)c1. The summed E-state index contributed by atoms with van der Waals surface area (Å²) >= 11 is 0. The molecule has 0 aliphatic carbocycles. The Labute approximate surface area is 340 Å². The van der Waals surface area contributed by atoms with Crippen LogP contribution >= 0.6 is 0 Å². The minimum Gasteiger partial charge on any atom is -0.507 e. The van der Waals surface area contributed by atoms with Crippen LogP contribution in [0.25, 0.3) is 44.5 Å². The van der Waals surface area contributed by atoms with Gasteiger partial charge in [-0.2, -0.15) is 52.7 Å². The van der Waals surface area contributed by atoms with E-state index in [0.717, 1.165) is 0 Å². The molecule has 0 saturated heterocycles. The van der Waals surface area contributed by atoms with Gasteiger partial charge >= 0.3 is 24.7 Å². The molecule has 16 heteroatoms. The molecule has 0 spiro atoms. The lowest BCUT2D eigenvalue weighted by Crippen LogP contribution is -2.11. The van der Waals surface area contributed by atoms with Gasteiger partial charge in [0, 0.05) is 39.8 Å². The molecule has 0 unspecified atom stereocenters. The second-order valence-corrected chi connectivity index (χ2v) is 14.0. The van der Waals surface area contributed by atoms with Crippen LogP contribution in [0.1, 0.15) is 39.8 Å². The number of hydrogen-bond donors (Lipinski definition) is 2. The molecule has 0 fully saturated rings. The highest BCUT2D eigenvalue weighted by Crippen LogP contribution is 2.47. The number of benzene rings is 6. The number of phenols is 2. The van der Waals surface area contributed by atoms with Gasteiger partial charge in [-0.3, -0.25) is 0 Å². The van der Waals surface area contributed by atoms with Crippen molar-refractivity contribution >= 4 is 0 Å². The minimum absolute atomic E-state index is 0.00576. The number of rotatable bonds is 10. The van der Waals surface area contributed by atoms with Crippen LogP contribution in [0.3, 0.4) is 0 Å². The Hall–Kier alpha value is -6.32. The van der Waals surface area contributed by atoms with E-state index in [9.17, 15) is 62.9 Å². The highest BCUT2D eigenvalue weighted by atomic mass is 19.4. The van der Waals surface area contributed by atoms with Crippen LogP contribution in [0.2, 0.25) is 0 Å². The van der Waals surface area contributed by atoms with E-state index in [1.807, 2.05) is 0 Å². The summed E-state index contributed by atoms with van der Waals surface area (Å²) in [7, 11) is 0. The van der Waals surface area contributed by atoms with Crippen molar-refractivity contribution in [2.75, 3.05) is 13.2 Å². The van der Waals surface area contributed by atoms with Gasteiger partial charge in [0.25, 0.3) is 0 Å². The largest absolute Gasteiger partial charge is 0.507 e. The number of aryl methyl sites for hydroxylation is 2. The van der Waals surface area contributed by atoms with E-state index in [0.29, 0.717) is 35.4 Å². The van der Waals surface area contributed by atoms with Crippen molar-refractivity contribution in [3.05, 3.63) is 143 Å². The number of halogens is 12. The van der Waals surface area contributed by atoms with Crippen LogP contribution in [-0.4, -0.2) is 23.4 Å². The maximum absolute atomic E-state index is 13.7. The van der Waals surface area contributed by atoms with E-state index in [2.05, 4.69) is 0 Å². The first-order valence-corrected chi connectivity index (χ1v) is 18.1. The molecule has 2 N–H and O–H groups in total. The summed E-state index contributed by atoms with van der Waals surface area (Å²) in [6, 6.07) is 20.1. The predicted molar refractivity (Wildman–Crippen MR) is 203 cm³/mol. The van der Waals surface area contributed by atoms with Gasteiger partial charge in [-0.15, -0.1) is 0 Å². The van der Waals surface area contributed by atoms with Gasteiger partial charge in [0.1, 0.15) is 23.0 Å². The Bertz CT molecular complexity index is 2330. The van der Waals surface area contributed by atoms with Crippen LogP contribution in [-0.2, 0) is 24.7 Å². The zero-order valence-electron chi connectivity index (χ0n) is 31.8. The number of ether oxygens (including phenoxy) is 2. The third kappa shape index (κ3) is 10.0. The average Bonchev–Trinajstić information content (AvgIpc) is 3.18. The summed E-state index contributed by atoms with van der Waals surface area (Å²) in [5, 5.41) is 22.7. The van der Waals surface area contributed by atoms with Crippen molar-refractivity contribution in [1.82, 2.24) is 0 Å². The summed E-state index contributed by atoms with van der Waals surface area (Å²) < 4.78 is 176. The molecule has 0 atom stereocenters. The summed E-state index contributed by atoms with van der Waals surface area (Å²) in [6.45, 7) is 3.07. The molecule has 0 radical (unpaired) electrons. The van der Waals surface area contributed by atoms with E-state index in [4.69, 9.17) is 9.47 Å². The van der Waals surface area contributed by atoms with Gasteiger partial charge in [0.2, 0.25) is 0 Å². The van der Waals surface area contributed by atoms with Crippen LogP contribution in [0, 0.1) is 13.8 Å². The number of para-hydroxylation sites is 2. The topological polar surface area (TPSA) is 58.9 Å². The Kier molecular flexibility index (Phi) is 12.1. The monoisotopic (exact) mass is 864 g/mol. The van der Waals surface area contributed by atoms with Crippen LogP contribution in [0.5, 0.6) is 23.0 Å². The third-order valence-electron chi connectivity index (χ3n) is 9.46. The smallest absolute Gasteiger partial charge is 0.416 e. The maximum atomic E-state index is 13.7. The van der Waals surface area contributed by atoms with Gasteiger partial charge in [-0.05, 0) is 109 Å². The Morgan fingerprint density at radius 1 is 0.393 bits per heavy atom. The van der Waals surface area contributed by atoms with Crippen LogP contribution in [0.15, 0.2) is 109 Å². The Balaban J connectivity index is 1.23. The zero-order chi connectivity index (χ0) is 44.7. The Morgan fingerprint density at radius 2 is 0.689 bits per heavy atom. The van der Waals surface area contributed by atoms with Gasteiger partial charge < -0.3 is 19.7 Å². The predicted octanol–water partition coefficient (Wildman–Crippen LogP) is 14.3. The first-order chi connectivity index (χ1) is 28.4. The fraction of sp³-hybridized carbons (Fsp3) is 0.200. The average molecular weight is 865 g/mol. The minimum atomic E-state index is -5.11. The molecule has 0 amide bonds. The van der Waals surface area contributed by atoms with Gasteiger partial charge in [-0.25, -0.2) is 0 Å². The van der Waals surface area contributed by atoms with E-state index < -0.39 is 69.6 Å². The highest BCUT2D eigenvalue weighted by molar-refractivity contribution is 5.87. The molecule has 61 heavy (non-hydrogen) atoms. The highest BCUT2D eigenvalue weighted by Gasteiger charge is 2.39. The molecular weight excluding hydrogens is 832 g/mol. The number of phenolic OH excluding ortho intramolecular Hbond substituents is 2. The lowest BCUT2D eigenvalue weighted by atomic mass is 9.92. The molecule has 0 aromatic heterocycles. The molecule has 0 aliphatic rings. The maximum Gasteiger partial charge on any atom is 0.416 e. The molecule has 6 aromatic carbocycles. The summed E-state index contributed by atoms with van der Waals surface area (Å²) in [5.41, 5.74) is -6.28. The van der Waals surface area contributed by atoms with Crippen molar-refractivity contribution in [1.29, 1.82) is 0 Å². The fourth-order valence-corrected chi connectivity index (χ4v) is 6.68. The Morgan fingerprint density at radius 3 is 1.00 bits per heavy atom. The second-order valence-electron chi connectivity index (χ2n) is 14.0. The van der Waals surface area contributed by atoms with Gasteiger partial charge in [-0.1, -0.05) is 36.4 Å². The normalized spacial score (nSPS) is 12.4. The quantitative estimate of drug-likeness (QED) is 0.106. The van der Waals surface area contributed by atoms with Crippen molar-refractivity contribution in [3.63, 3.8) is 0 Å². The molecular formula is C45H32F12O4. The van der Waals surface area contributed by atoms with Crippen LogP contribution < -0.4 is 9.47 Å². The molecule has 6 rings (SSSR count). The van der Waals surface area contributed by atoms with Crippen molar-refractivity contribution in [2.45, 2.75) is 45.0 Å². The van der Waals surface area contributed by atoms with E-state index >= 15 is 0 Å². The summed E-state index contributed by atoms with van der Waals surface area (Å²) in [6.07, 6.45) is -20.2. The van der Waals surface area contributed by atoms with Crippen molar-refractivity contribution < 1.29 is 72.4 Å². The number of aromatic hydroxyl groups is 2. The third-order valence-corrected chi connectivity index (χ3v) is 9.46. The first-order valence-electron chi connectivity index (χ1n) is 18.1. The molecule has 0 heterocycles. The number of hydrogen-bond acceptors (Lipinski definition) is 4. The first kappa shape index (κ1) is 44.2. The zero-order valence-corrected chi connectivity index (χ0v) is 31.8. The molecule has 6 aromatic rings. The van der Waals surface area contributed by atoms with Gasteiger partial charge in [0.05, 0.1) is 35.5 Å². The van der Waals surface area contributed by atoms with Crippen molar-refractivity contribution in [2.24, 2.45) is 0 Å². The van der Waals surface area contributed by atoms with Crippen molar-refractivity contribution in [3.8, 4) is 67.5 Å². The lowest BCUT2D eigenvalue weighted by Gasteiger charge is -2.18. The summed E-state index contributed by atoms with van der Waals surface area (Å²) in [4.78, 5) is 0. The standard InChI is InChI=1S/C45H32F12O4/c1-24-14-34(26-18-28(42(46,47)48)22-29(19-26)43(49,50)51)40(58)36(16-24)32-8-3-5-10-38(32)60-12-7-13-61-39-11-6-4-9-33(39)37-17-25(2)15-35(41(37)59)27-20-30(44(52,53)54)23-31(21-27)45(55,56)57/h3-6,8-11,14-23,58-59H,7,12-13H2,1-2H3. The van der Waals surface area contributed by atoms with Crippen LogP contribution in [0.4, 0.5) is 52.7 Å². The molecule has 0 saturated carbocycles. The van der Waals surface area contributed by atoms with E-state index in [1.165, 1.54) is 24.3 Å². The second kappa shape index (κ2) is 16.6. The molecule has 4 nitrogen and oxygen atoms in total. The van der Waals surface area contributed by atoms with Gasteiger partial charge in [0.15, 0.2) is 0 Å². The molecule has 320 valence electrons. The molecule has 0 bridgehead atoms. The van der Waals surface area contributed by atoms with E-state index in [1.54, 1.807) is 62.4 Å². The summed E-state index contributed by atoms with van der Waals surface area (Å²) in [5.74, 6) is -0.776.